The van der Waals surface area contributed by atoms with Gasteiger partial charge in [-0.2, -0.15) is 0 Å². The molecule has 4 nitrogen and oxygen atoms in total. The van der Waals surface area contributed by atoms with Crippen molar-refractivity contribution in [2.45, 2.75) is 26.2 Å². The summed E-state index contributed by atoms with van der Waals surface area (Å²) in [5.41, 5.74) is 0.807. The van der Waals surface area contributed by atoms with E-state index in [0.29, 0.717) is 14.4 Å². The zero-order chi connectivity index (χ0) is 17.0. The smallest absolute Gasteiger partial charge is 0.189 e. The normalized spacial score (nSPS) is 11.3. The molecule has 0 spiro atoms. The van der Waals surface area contributed by atoms with Crippen molar-refractivity contribution in [2.24, 2.45) is 0 Å². The fraction of sp³-hybridized carbons (Fsp3) is 0.250. The van der Waals surface area contributed by atoms with Crippen LogP contribution in [0, 0.1) is 7.14 Å². The van der Waals surface area contributed by atoms with Gasteiger partial charge in [-0.1, -0.05) is 24.9 Å². The highest BCUT2D eigenvalue weighted by molar-refractivity contribution is 14.1. The number of phenols is 1. The Hall–Kier alpha value is -0.610. The molecule has 0 aliphatic carbocycles. The maximum Gasteiger partial charge on any atom is 0.189 e. The van der Waals surface area contributed by atoms with Gasteiger partial charge in [-0.25, -0.2) is 4.98 Å². The molecule has 0 aliphatic heterocycles. The number of benzene rings is 1. The van der Waals surface area contributed by atoms with Crippen LogP contribution in [0.2, 0.25) is 5.15 Å². The van der Waals surface area contributed by atoms with Gasteiger partial charge < -0.3 is 10.1 Å². The number of aromatic hydroxyl groups is 1. The highest BCUT2D eigenvalue weighted by Crippen LogP contribution is 2.28. The van der Waals surface area contributed by atoms with E-state index in [1.54, 1.807) is 12.1 Å². The molecule has 0 saturated heterocycles. The predicted molar refractivity (Wildman–Crippen MR) is 109 cm³/mol. The van der Waals surface area contributed by atoms with Crippen LogP contribution in [0.25, 0.3) is 6.08 Å². The first-order chi connectivity index (χ1) is 10.9. The first-order valence-corrected chi connectivity index (χ1v) is 9.60. The molecule has 0 fully saturated rings. The van der Waals surface area contributed by atoms with Gasteiger partial charge in [0.1, 0.15) is 22.4 Å². The van der Waals surface area contributed by atoms with Gasteiger partial charge in [0.05, 0.1) is 9.13 Å². The van der Waals surface area contributed by atoms with Gasteiger partial charge in [-0.15, -0.1) is 0 Å². The van der Waals surface area contributed by atoms with Gasteiger partial charge >= 0.3 is 0 Å². The van der Waals surface area contributed by atoms with Gasteiger partial charge in [0.2, 0.25) is 0 Å². The van der Waals surface area contributed by atoms with E-state index in [-0.39, 0.29) is 17.1 Å². The van der Waals surface area contributed by atoms with E-state index >= 15 is 0 Å². The number of ketones is 1. The molecule has 0 unspecified atom stereocenters. The maximum absolute atomic E-state index is 12.3. The van der Waals surface area contributed by atoms with Gasteiger partial charge in [-0.05, 0) is 75.9 Å². The molecular formula is C16H15ClI2N2O2. The van der Waals surface area contributed by atoms with Gasteiger partial charge in [0, 0.05) is 9.99 Å². The highest BCUT2D eigenvalue weighted by Gasteiger charge is 2.13. The molecule has 122 valence electrons. The summed E-state index contributed by atoms with van der Waals surface area (Å²) < 4.78 is 1.53. The maximum atomic E-state index is 12.3. The zero-order valence-electron chi connectivity index (χ0n) is 12.4. The Kier molecular flexibility index (Phi) is 6.90. The lowest BCUT2D eigenvalue weighted by atomic mass is 10.1. The number of carbonyl (C=O) groups excluding carboxylic acids is 1. The molecule has 7 heteroatoms. The minimum absolute atomic E-state index is 0.00238. The largest absolute Gasteiger partial charge is 0.506 e. The molecule has 1 aromatic heterocycles. The van der Waals surface area contributed by atoms with Crippen LogP contribution in [-0.4, -0.2) is 20.9 Å². The molecule has 0 aliphatic rings. The van der Waals surface area contributed by atoms with Crippen LogP contribution in [0.4, 0.5) is 0 Å². The van der Waals surface area contributed by atoms with E-state index in [2.05, 4.69) is 39.5 Å². The molecule has 2 rings (SSSR count). The van der Waals surface area contributed by atoms with Crippen molar-refractivity contribution >= 4 is 68.6 Å². The van der Waals surface area contributed by atoms with Gasteiger partial charge in [0.25, 0.3) is 0 Å². The molecule has 0 radical (unpaired) electrons. The number of imidazole rings is 1. The van der Waals surface area contributed by atoms with Gasteiger partial charge in [0.15, 0.2) is 5.78 Å². The number of aromatic nitrogens is 2. The number of hydrogen-bond acceptors (Lipinski definition) is 3. The van der Waals surface area contributed by atoms with Crippen LogP contribution >= 0.6 is 56.8 Å². The number of H-pyrrole nitrogens is 1. The minimum atomic E-state index is -0.284. The van der Waals surface area contributed by atoms with Crippen molar-refractivity contribution < 1.29 is 9.90 Å². The van der Waals surface area contributed by atoms with Crippen LogP contribution in [0.5, 0.6) is 5.75 Å². The van der Waals surface area contributed by atoms with Crippen LogP contribution in [0.1, 0.15) is 41.6 Å². The molecular weight excluding hydrogens is 541 g/mol. The molecule has 0 saturated carbocycles. The third-order valence-corrected chi connectivity index (χ3v) is 4.92. The second kappa shape index (κ2) is 8.48. The number of halogens is 3. The zero-order valence-corrected chi connectivity index (χ0v) is 17.4. The number of unbranched alkanes of at least 4 members (excludes halogenated alkanes) is 1. The van der Waals surface area contributed by atoms with E-state index in [0.717, 1.165) is 28.7 Å². The summed E-state index contributed by atoms with van der Waals surface area (Å²) in [6.45, 7) is 2.11. The Labute approximate surface area is 167 Å². The summed E-state index contributed by atoms with van der Waals surface area (Å²) in [6, 6.07) is 3.46. The summed E-state index contributed by atoms with van der Waals surface area (Å²) in [6.07, 6.45) is 5.89. The molecule has 0 atom stereocenters. The Morgan fingerprint density at radius 3 is 2.87 bits per heavy atom. The Bertz CT molecular complexity index is 757. The number of hydrogen-bond donors (Lipinski definition) is 2. The number of nitrogens with zero attached hydrogens (tertiary/aromatic N) is 1. The van der Waals surface area contributed by atoms with Crippen molar-refractivity contribution in [1.82, 2.24) is 9.97 Å². The van der Waals surface area contributed by atoms with E-state index in [9.17, 15) is 9.90 Å². The standard InChI is InChI=1S/C16H15ClI2N2O2/c1-2-3-4-14-20-12(16(17)21-14)5-6-13(22)10-7-9(18)8-11(19)15(10)23/h5-8,23H,2-4H2,1H3,(H,20,21)/b6-5+. The molecule has 1 aromatic carbocycles. The first-order valence-electron chi connectivity index (χ1n) is 7.07. The molecule has 23 heavy (non-hydrogen) atoms. The molecule has 0 bridgehead atoms. The number of allylic oxidation sites excluding steroid dienone is 1. The van der Waals surface area contributed by atoms with E-state index in [4.69, 9.17) is 11.6 Å². The van der Waals surface area contributed by atoms with Crippen LogP contribution in [0.15, 0.2) is 18.2 Å². The number of aryl methyl sites for hydroxylation is 1. The topological polar surface area (TPSA) is 66.0 Å². The number of carbonyl (C=O) groups is 1. The summed E-state index contributed by atoms with van der Waals surface area (Å²) >= 11 is 10.2. The second-order valence-electron chi connectivity index (χ2n) is 4.97. The summed E-state index contributed by atoms with van der Waals surface area (Å²) in [5, 5.41) is 10.5. The third kappa shape index (κ3) is 4.93. The summed E-state index contributed by atoms with van der Waals surface area (Å²) in [4.78, 5) is 19.7. The lowest BCUT2D eigenvalue weighted by molar-refractivity contribution is 0.104. The lowest BCUT2D eigenvalue weighted by Crippen LogP contribution is -1.97. The predicted octanol–water partition coefficient (Wildman–Crippen LogP) is 5.22. The Morgan fingerprint density at radius 1 is 1.43 bits per heavy atom. The van der Waals surface area contributed by atoms with Crippen LogP contribution < -0.4 is 0 Å². The molecule has 1 heterocycles. The molecule has 2 N–H and O–H groups in total. The number of phenolic OH excluding ortho intramolecular Hbond substituents is 1. The number of nitrogens with one attached hydrogen (secondary N) is 1. The number of rotatable bonds is 6. The first kappa shape index (κ1) is 18.7. The van der Waals surface area contributed by atoms with Crippen molar-refractivity contribution in [3.63, 3.8) is 0 Å². The quantitative estimate of drug-likeness (QED) is 0.292. The third-order valence-electron chi connectivity index (χ3n) is 3.19. The summed E-state index contributed by atoms with van der Waals surface area (Å²) in [5.74, 6) is 0.529. The van der Waals surface area contributed by atoms with Gasteiger partial charge in [-0.3, -0.25) is 4.79 Å². The fourth-order valence-electron chi connectivity index (χ4n) is 1.98. The average Bonchev–Trinajstić information content (AvgIpc) is 2.86. The van der Waals surface area contributed by atoms with Crippen LogP contribution in [-0.2, 0) is 6.42 Å². The van der Waals surface area contributed by atoms with Crippen molar-refractivity contribution in [3.8, 4) is 5.75 Å². The average molecular weight is 557 g/mol. The van der Waals surface area contributed by atoms with Crippen molar-refractivity contribution in [1.29, 1.82) is 0 Å². The molecule has 2 aromatic rings. The Morgan fingerprint density at radius 2 is 2.17 bits per heavy atom. The molecule has 0 amide bonds. The Balaban J connectivity index is 2.20. The van der Waals surface area contributed by atoms with E-state index in [1.165, 1.54) is 6.08 Å². The summed E-state index contributed by atoms with van der Waals surface area (Å²) in [7, 11) is 0. The number of aromatic amines is 1. The fourth-order valence-corrected chi connectivity index (χ4v) is 4.04. The van der Waals surface area contributed by atoms with E-state index < -0.39 is 0 Å². The highest BCUT2D eigenvalue weighted by atomic mass is 127. The van der Waals surface area contributed by atoms with E-state index in [1.807, 2.05) is 28.7 Å². The second-order valence-corrected chi connectivity index (χ2v) is 7.75. The lowest BCUT2D eigenvalue weighted by Gasteiger charge is -2.04. The SMILES string of the molecule is CCCCc1nc(/C=C/C(=O)c2cc(I)cc(I)c2O)c(Cl)[nH]1. The monoisotopic (exact) mass is 556 g/mol. The minimum Gasteiger partial charge on any atom is -0.506 e. The van der Waals surface area contributed by atoms with Crippen molar-refractivity contribution in [2.75, 3.05) is 0 Å². The van der Waals surface area contributed by atoms with Crippen LogP contribution in [0.3, 0.4) is 0 Å². The van der Waals surface area contributed by atoms with Crippen molar-refractivity contribution in [3.05, 3.63) is 47.6 Å².